The predicted molar refractivity (Wildman–Crippen MR) is 95.0 cm³/mol. The summed E-state index contributed by atoms with van der Waals surface area (Å²) in [5.41, 5.74) is 3.33. The molecule has 1 amide bonds. The summed E-state index contributed by atoms with van der Waals surface area (Å²) in [4.78, 5) is 14.8. The molecule has 128 valence electrons. The number of carbonyl (C=O) groups is 1. The van der Waals surface area contributed by atoms with Crippen molar-refractivity contribution >= 4 is 17.5 Å². The summed E-state index contributed by atoms with van der Waals surface area (Å²) in [7, 11) is 3.79. The quantitative estimate of drug-likeness (QED) is 0.924. The van der Waals surface area contributed by atoms with Crippen LogP contribution in [0.3, 0.4) is 0 Å². The van der Waals surface area contributed by atoms with Gasteiger partial charge in [0.2, 0.25) is 5.91 Å². The SMILES string of the molecule is Cc1c([C@H]2CNC[C@@H]2C(=O)N(C)Cc2cccc(Cl)c2)cnn1C. The first-order valence-corrected chi connectivity index (χ1v) is 8.54. The Morgan fingerprint density at radius 3 is 2.92 bits per heavy atom. The van der Waals surface area contributed by atoms with Gasteiger partial charge in [-0.25, -0.2) is 0 Å². The van der Waals surface area contributed by atoms with Crippen molar-refractivity contribution < 1.29 is 4.79 Å². The molecule has 3 rings (SSSR count). The lowest BCUT2D eigenvalue weighted by Crippen LogP contribution is -2.35. The van der Waals surface area contributed by atoms with Crippen LogP contribution in [0, 0.1) is 12.8 Å². The normalized spacial score (nSPS) is 20.3. The number of hydrogen-bond donors (Lipinski definition) is 1. The molecule has 1 aromatic heterocycles. The summed E-state index contributed by atoms with van der Waals surface area (Å²) in [6.07, 6.45) is 1.89. The highest BCUT2D eigenvalue weighted by Crippen LogP contribution is 2.31. The van der Waals surface area contributed by atoms with E-state index in [1.807, 2.05) is 49.2 Å². The largest absolute Gasteiger partial charge is 0.341 e. The Hall–Kier alpha value is -1.85. The van der Waals surface area contributed by atoms with Gasteiger partial charge in [0, 0.05) is 50.4 Å². The second kappa shape index (κ2) is 6.95. The molecule has 5 nitrogen and oxygen atoms in total. The first kappa shape index (κ1) is 17.0. The molecule has 0 spiro atoms. The summed E-state index contributed by atoms with van der Waals surface area (Å²) in [6.45, 7) is 4.14. The first-order valence-electron chi connectivity index (χ1n) is 8.16. The van der Waals surface area contributed by atoms with E-state index in [1.54, 1.807) is 4.90 Å². The van der Waals surface area contributed by atoms with Crippen LogP contribution in [0.5, 0.6) is 0 Å². The van der Waals surface area contributed by atoms with Gasteiger partial charge in [-0.15, -0.1) is 0 Å². The topological polar surface area (TPSA) is 50.2 Å². The number of nitrogens with zero attached hydrogens (tertiary/aromatic N) is 3. The lowest BCUT2D eigenvalue weighted by molar-refractivity contribution is -0.134. The van der Waals surface area contributed by atoms with Crippen LogP contribution in [0.4, 0.5) is 0 Å². The molecule has 1 saturated heterocycles. The van der Waals surface area contributed by atoms with E-state index in [9.17, 15) is 4.79 Å². The van der Waals surface area contributed by atoms with Gasteiger partial charge in [0.1, 0.15) is 0 Å². The van der Waals surface area contributed by atoms with Crippen molar-refractivity contribution in [2.24, 2.45) is 13.0 Å². The number of rotatable bonds is 4. The van der Waals surface area contributed by atoms with E-state index in [-0.39, 0.29) is 17.7 Å². The van der Waals surface area contributed by atoms with E-state index >= 15 is 0 Å². The maximum absolute atomic E-state index is 13.0. The molecule has 2 heterocycles. The second-order valence-electron chi connectivity index (χ2n) is 6.50. The van der Waals surface area contributed by atoms with Crippen molar-refractivity contribution in [2.45, 2.75) is 19.4 Å². The van der Waals surface area contributed by atoms with Crippen LogP contribution >= 0.6 is 11.6 Å². The summed E-state index contributed by atoms with van der Waals surface area (Å²) in [6, 6.07) is 7.65. The van der Waals surface area contributed by atoms with Crippen LogP contribution in [0.1, 0.15) is 22.7 Å². The third kappa shape index (κ3) is 3.32. The number of aryl methyl sites for hydroxylation is 1. The van der Waals surface area contributed by atoms with Gasteiger partial charge in [-0.2, -0.15) is 5.10 Å². The third-order valence-electron chi connectivity index (χ3n) is 4.89. The number of nitrogens with one attached hydrogen (secondary N) is 1. The molecular weight excluding hydrogens is 324 g/mol. The molecule has 1 fully saturated rings. The molecular formula is C18H23ClN4O. The monoisotopic (exact) mass is 346 g/mol. The fourth-order valence-electron chi connectivity index (χ4n) is 3.41. The molecule has 2 atom stereocenters. The van der Waals surface area contributed by atoms with Crippen molar-refractivity contribution in [1.82, 2.24) is 20.0 Å². The van der Waals surface area contributed by atoms with Crippen molar-refractivity contribution in [3.63, 3.8) is 0 Å². The Labute approximate surface area is 147 Å². The zero-order valence-electron chi connectivity index (χ0n) is 14.3. The molecule has 0 unspecified atom stereocenters. The van der Waals surface area contributed by atoms with Crippen molar-refractivity contribution in [3.8, 4) is 0 Å². The highest BCUT2D eigenvalue weighted by Gasteiger charge is 2.37. The molecule has 1 aliphatic rings. The molecule has 1 aromatic carbocycles. The maximum atomic E-state index is 13.0. The Kier molecular flexibility index (Phi) is 4.92. The van der Waals surface area contributed by atoms with E-state index in [2.05, 4.69) is 17.3 Å². The maximum Gasteiger partial charge on any atom is 0.227 e. The fourth-order valence-corrected chi connectivity index (χ4v) is 3.63. The van der Waals surface area contributed by atoms with Crippen LogP contribution in [0.15, 0.2) is 30.5 Å². The molecule has 2 aromatic rings. The van der Waals surface area contributed by atoms with E-state index in [0.717, 1.165) is 23.4 Å². The Bertz CT molecular complexity index is 742. The van der Waals surface area contributed by atoms with Gasteiger partial charge in [0.05, 0.1) is 12.1 Å². The van der Waals surface area contributed by atoms with Gasteiger partial charge in [0.15, 0.2) is 0 Å². The summed E-state index contributed by atoms with van der Waals surface area (Å²) < 4.78 is 1.87. The average Bonchev–Trinajstić information content (AvgIpc) is 3.14. The number of carbonyl (C=O) groups excluding carboxylic acids is 1. The molecule has 0 radical (unpaired) electrons. The van der Waals surface area contributed by atoms with Gasteiger partial charge in [0.25, 0.3) is 0 Å². The first-order chi connectivity index (χ1) is 11.5. The van der Waals surface area contributed by atoms with E-state index in [0.29, 0.717) is 18.1 Å². The lowest BCUT2D eigenvalue weighted by Gasteiger charge is -2.24. The fraction of sp³-hybridized carbons (Fsp3) is 0.444. The Balaban J connectivity index is 1.74. The van der Waals surface area contributed by atoms with Crippen LogP contribution in [0.2, 0.25) is 5.02 Å². The minimum absolute atomic E-state index is 0.0583. The summed E-state index contributed by atoms with van der Waals surface area (Å²) >= 11 is 6.04. The molecule has 24 heavy (non-hydrogen) atoms. The number of amides is 1. The van der Waals surface area contributed by atoms with Gasteiger partial charge < -0.3 is 10.2 Å². The van der Waals surface area contributed by atoms with Gasteiger partial charge in [-0.3, -0.25) is 9.48 Å². The number of aromatic nitrogens is 2. The zero-order chi connectivity index (χ0) is 17.3. The molecule has 0 aliphatic carbocycles. The molecule has 1 aliphatic heterocycles. The Morgan fingerprint density at radius 1 is 1.46 bits per heavy atom. The molecule has 1 N–H and O–H groups in total. The van der Waals surface area contributed by atoms with Gasteiger partial charge >= 0.3 is 0 Å². The van der Waals surface area contributed by atoms with Gasteiger partial charge in [-0.05, 0) is 30.2 Å². The van der Waals surface area contributed by atoms with Crippen LogP contribution in [0.25, 0.3) is 0 Å². The third-order valence-corrected chi connectivity index (χ3v) is 5.12. The highest BCUT2D eigenvalue weighted by atomic mass is 35.5. The molecule has 0 saturated carbocycles. The standard InChI is InChI=1S/C18H23ClN4O/c1-12-15(10-21-23(12)3)16-8-20-9-17(16)18(24)22(2)11-13-5-4-6-14(19)7-13/h4-7,10,16-17,20H,8-9,11H2,1-3H3/t16-,17+/m1/s1. The highest BCUT2D eigenvalue weighted by molar-refractivity contribution is 6.30. The lowest BCUT2D eigenvalue weighted by atomic mass is 9.88. The van der Waals surface area contributed by atoms with Crippen LogP contribution in [-0.4, -0.2) is 40.7 Å². The smallest absolute Gasteiger partial charge is 0.227 e. The van der Waals surface area contributed by atoms with Crippen molar-refractivity contribution in [2.75, 3.05) is 20.1 Å². The van der Waals surface area contributed by atoms with E-state index < -0.39 is 0 Å². The van der Waals surface area contributed by atoms with Crippen LogP contribution in [-0.2, 0) is 18.4 Å². The average molecular weight is 347 g/mol. The number of benzene rings is 1. The minimum Gasteiger partial charge on any atom is -0.341 e. The number of halogens is 1. The van der Waals surface area contributed by atoms with E-state index in [1.165, 1.54) is 0 Å². The summed E-state index contributed by atoms with van der Waals surface area (Å²) in [5.74, 6) is 0.276. The molecule has 6 heteroatoms. The zero-order valence-corrected chi connectivity index (χ0v) is 15.0. The molecule has 0 bridgehead atoms. The summed E-state index contributed by atoms with van der Waals surface area (Å²) in [5, 5.41) is 8.38. The second-order valence-corrected chi connectivity index (χ2v) is 6.94. The predicted octanol–water partition coefficient (Wildman–Crippen LogP) is 2.34. The Morgan fingerprint density at radius 2 is 2.25 bits per heavy atom. The van der Waals surface area contributed by atoms with Crippen LogP contribution < -0.4 is 5.32 Å². The van der Waals surface area contributed by atoms with Gasteiger partial charge in [-0.1, -0.05) is 23.7 Å². The van der Waals surface area contributed by atoms with E-state index in [4.69, 9.17) is 11.6 Å². The number of hydrogen-bond acceptors (Lipinski definition) is 3. The van der Waals surface area contributed by atoms with Crippen molar-refractivity contribution in [3.05, 3.63) is 52.3 Å². The minimum atomic E-state index is -0.0583. The van der Waals surface area contributed by atoms with Crippen molar-refractivity contribution in [1.29, 1.82) is 0 Å².